The molecule has 4 aliphatic rings. The van der Waals surface area contributed by atoms with E-state index in [1.165, 1.54) is 24.4 Å². The maximum atomic E-state index is 16.1. The highest BCUT2D eigenvalue weighted by atomic mass is 19.1. The van der Waals surface area contributed by atoms with Crippen molar-refractivity contribution >= 4 is 16.6 Å². The number of nitrogens with two attached hydrogens (primary N) is 1. The molecule has 49 heavy (non-hydrogen) atoms. The number of nitrogens with zero attached hydrogens (tertiary/aromatic N) is 6. The third-order valence-corrected chi connectivity index (χ3v) is 10.6. The topological polar surface area (TPSA) is 83.1 Å². The maximum absolute atomic E-state index is 16.1. The minimum atomic E-state index is -0.361. The fourth-order valence-electron chi connectivity index (χ4n) is 8.04. The summed E-state index contributed by atoms with van der Waals surface area (Å²) in [5, 5.41) is 0.417. The smallest absolute Gasteiger partial charge is 0.194 e. The number of likely N-dealkylation sites (N-methyl/N-ethyl adjacent to an activating group) is 1. The Morgan fingerprint density at radius 3 is 2.65 bits per heavy atom. The zero-order chi connectivity index (χ0) is 34.7. The normalized spacial score (nSPS) is 22.2. The van der Waals surface area contributed by atoms with E-state index in [-0.39, 0.29) is 23.3 Å². The molecular formula is C39H54FN7O2. The van der Waals surface area contributed by atoms with Gasteiger partial charge >= 0.3 is 0 Å². The molecule has 0 radical (unpaired) electrons. The second-order valence-corrected chi connectivity index (χ2v) is 14.2. The van der Waals surface area contributed by atoms with Crippen LogP contribution in [-0.2, 0) is 19.5 Å². The van der Waals surface area contributed by atoms with Crippen molar-refractivity contribution in [3.05, 3.63) is 87.5 Å². The lowest BCUT2D eigenvalue weighted by atomic mass is 9.98. The van der Waals surface area contributed by atoms with E-state index in [4.69, 9.17) is 4.74 Å². The molecule has 0 bridgehead atoms. The van der Waals surface area contributed by atoms with Gasteiger partial charge in [-0.25, -0.2) is 4.39 Å². The standard InChI is InChI=1S/C38H49FN6O2.CH5N/c1-5-30-17-28(12-13-40-30)20-44(32-11-8-15-42(24-32)31-10-7-14-41(4)23-31)21-29-22-45-27(3)25-47-38-35(45)33(37(29)46)18-34(39)36(38)43-16-6-9-26(2)19-43;1-2/h7,10,12-14,17-18,22,26-27,32H,5-6,8-9,11,15-16,19-21,23-25H2,1-4H3;2H2,1H3. The lowest BCUT2D eigenvalue weighted by Gasteiger charge is -2.42. The minimum absolute atomic E-state index is 0.0251. The van der Waals surface area contributed by atoms with Gasteiger partial charge in [0.15, 0.2) is 17.0 Å². The van der Waals surface area contributed by atoms with Gasteiger partial charge in [-0.05, 0) is 94.1 Å². The molecule has 264 valence electrons. The Morgan fingerprint density at radius 1 is 1.08 bits per heavy atom. The Hall–Kier alpha value is -3.89. The van der Waals surface area contributed by atoms with Crippen molar-refractivity contribution in [1.29, 1.82) is 0 Å². The molecule has 3 unspecified atom stereocenters. The molecule has 6 heterocycles. The first kappa shape index (κ1) is 35.0. The monoisotopic (exact) mass is 671 g/mol. The molecule has 1 aromatic carbocycles. The van der Waals surface area contributed by atoms with Gasteiger partial charge < -0.3 is 29.7 Å². The quantitative estimate of drug-likeness (QED) is 0.328. The first-order valence-corrected chi connectivity index (χ1v) is 18.1. The third-order valence-electron chi connectivity index (χ3n) is 10.6. The van der Waals surface area contributed by atoms with Crippen LogP contribution < -0.4 is 20.8 Å². The number of pyridine rings is 2. The Balaban J connectivity index is 0.00000205. The molecule has 0 aliphatic carbocycles. The van der Waals surface area contributed by atoms with E-state index in [9.17, 15) is 4.79 Å². The van der Waals surface area contributed by atoms with Crippen molar-refractivity contribution < 1.29 is 9.13 Å². The van der Waals surface area contributed by atoms with E-state index in [2.05, 4.69) is 93.2 Å². The van der Waals surface area contributed by atoms with Crippen LogP contribution in [0, 0.1) is 11.7 Å². The van der Waals surface area contributed by atoms with Crippen LogP contribution in [-0.4, -0.2) is 83.7 Å². The zero-order valence-corrected chi connectivity index (χ0v) is 30.0. The summed E-state index contributed by atoms with van der Waals surface area (Å²) in [5.74, 6) is 0.653. The van der Waals surface area contributed by atoms with Gasteiger partial charge in [-0.1, -0.05) is 13.8 Å². The van der Waals surface area contributed by atoms with Crippen molar-refractivity contribution in [2.75, 3.05) is 58.3 Å². The van der Waals surface area contributed by atoms with Gasteiger partial charge in [0.1, 0.15) is 12.3 Å². The Morgan fingerprint density at radius 2 is 1.88 bits per heavy atom. The van der Waals surface area contributed by atoms with E-state index in [1.807, 2.05) is 12.4 Å². The molecule has 0 saturated carbocycles. The summed E-state index contributed by atoms with van der Waals surface area (Å²) in [6.07, 6.45) is 15.6. The average molecular weight is 672 g/mol. The van der Waals surface area contributed by atoms with Crippen molar-refractivity contribution in [1.82, 2.24) is 24.3 Å². The summed E-state index contributed by atoms with van der Waals surface area (Å²) in [6.45, 7) is 12.5. The molecule has 2 fully saturated rings. The lowest BCUT2D eigenvalue weighted by Crippen LogP contribution is -2.48. The SMILES string of the molecule is CCc1cc(CN(Cc2cn3c4c(c(N5CCCC(C)C5)c(F)cc4c2=O)OCC3C)C2CCCN(C3=CC=CN(C)C3)C2)ccn1.CN. The predicted octanol–water partition coefficient (Wildman–Crippen LogP) is 5.67. The number of likely N-dealkylation sites (tertiary alicyclic amines) is 1. The number of benzene rings is 1. The van der Waals surface area contributed by atoms with E-state index in [1.54, 1.807) is 0 Å². The summed E-state index contributed by atoms with van der Waals surface area (Å²) >= 11 is 0. The molecule has 9 nitrogen and oxygen atoms in total. The van der Waals surface area contributed by atoms with Gasteiger partial charge in [0.25, 0.3) is 0 Å². The number of hydrogen-bond acceptors (Lipinski definition) is 8. The van der Waals surface area contributed by atoms with Crippen LogP contribution in [0.25, 0.3) is 10.9 Å². The fourth-order valence-corrected chi connectivity index (χ4v) is 8.04. The second kappa shape index (κ2) is 15.3. The molecule has 3 atom stereocenters. The highest BCUT2D eigenvalue weighted by Crippen LogP contribution is 2.43. The average Bonchev–Trinajstić information content (AvgIpc) is 3.12. The van der Waals surface area contributed by atoms with Crippen LogP contribution >= 0.6 is 0 Å². The van der Waals surface area contributed by atoms with Gasteiger partial charge in [-0.3, -0.25) is 14.7 Å². The number of rotatable bonds is 8. The number of anilines is 1. The molecule has 2 aromatic heterocycles. The number of halogens is 1. The van der Waals surface area contributed by atoms with Crippen molar-refractivity contribution in [3.8, 4) is 5.75 Å². The van der Waals surface area contributed by atoms with Crippen LogP contribution in [0.5, 0.6) is 5.75 Å². The zero-order valence-electron chi connectivity index (χ0n) is 30.0. The highest BCUT2D eigenvalue weighted by Gasteiger charge is 2.32. The largest absolute Gasteiger partial charge is 0.487 e. The summed E-state index contributed by atoms with van der Waals surface area (Å²) < 4.78 is 24.6. The van der Waals surface area contributed by atoms with E-state index in [0.717, 1.165) is 76.0 Å². The second-order valence-electron chi connectivity index (χ2n) is 14.2. The summed E-state index contributed by atoms with van der Waals surface area (Å²) in [6, 6.07) is 6.05. The number of allylic oxidation sites excluding steroid dienone is 2. The van der Waals surface area contributed by atoms with Gasteiger partial charge in [-0.2, -0.15) is 0 Å². The van der Waals surface area contributed by atoms with Crippen LogP contribution in [0.2, 0.25) is 0 Å². The fraction of sp³-hybridized carbons (Fsp3) is 0.538. The number of piperidine rings is 2. The van der Waals surface area contributed by atoms with E-state index < -0.39 is 0 Å². The number of ether oxygens (including phenoxy) is 1. The predicted molar refractivity (Wildman–Crippen MR) is 196 cm³/mol. The highest BCUT2D eigenvalue weighted by molar-refractivity contribution is 5.92. The van der Waals surface area contributed by atoms with Crippen molar-refractivity contribution in [2.24, 2.45) is 11.7 Å². The molecule has 0 amide bonds. The molecule has 2 saturated heterocycles. The Kier molecular flexibility index (Phi) is 10.9. The summed E-state index contributed by atoms with van der Waals surface area (Å²) in [5.41, 5.74) is 9.96. The van der Waals surface area contributed by atoms with Crippen molar-refractivity contribution in [3.63, 3.8) is 0 Å². The minimum Gasteiger partial charge on any atom is -0.487 e. The van der Waals surface area contributed by atoms with Crippen LogP contribution in [0.4, 0.5) is 10.1 Å². The first-order valence-electron chi connectivity index (χ1n) is 18.1. The molecular weight excluding hydrogens is 617 g/mol. The Labute approximate surface area is 290 Å². The van der Waals surface area contributed by atoms with Gasteiger partial charge in [-0.15, -0.1) is 0 Å². The van der Waals surface area contributed by atoms with Crippen LogP contribution in [0.15, 0.2) is 59.4 Å². The molecule has 10 heteroatoms. The van der Waals surface area contributed by atoms with Gasteiger partial charge in [0, 0.05) is 81.7 Å². The van der Waals surface area contributed by atoms with E-state index in [0.29, 0.717) is 48.0 Å². The lowest BCUT2D eigenvalue weighted by molar-refractivity contribution is 0.0987. The van der Waals surface area contributed by atoms with Crippen LogP contribution in [0.3, 0.4) is 0 Å². The summed E-state index contributed by atoms with van der Waals surface area (Å²) in [4.78, 5) is 28.3. The van der Waals surface area contributed by atoms with E-state index >= 15 is 4.39 Å². The first-order chi connectivity index (χ1) is 23.8. The molecule has 7 rings (SSSR count). The molecule has 4 aliphatic heterocycles. The molecule has 3 aromatic rings. The number of aromatic nitrogens is 2. The van der Waals surface area contributed by atoms with Gasteiger partial charge in [0.2, 0.25) is 0 Å². The maximum Gasteiger partial charge on any atom is 0.194 e. The summed E-state index contributed by atoms with van der Waals surface area (Å²) in [7, 11) is 3.61. The Bertz CT molecular complexity index is 1750. The molecule has 0 spiro atoms. The van der Waals surface area contributed by atoms with Crippen molar-refractivity contribution in [2.45, 2.75) is 78.0 Å². The van der Waals surface area contributed by atoms with Crippen LogP contribution in [0.1, 0.15) is 69.3 Å². The third kappa shape index (κ3) is 7.36. The number of aryl methyl sites for hydroxylation is 1. The van der Waals surface area contributed by atoms with Gasteiger partial charge in [0.05, 0.1) is 23.5 Å². The number of hydrogen-bond donors (Lipinski definition) is 1. The molecule has 2 N–H and O–H groups in total.